The number of ether oxygens (including phenoxy) is 1. The van der Waals surface area contributed by atoms with Crippen molar-refractivity contribution in [1.82, 2.24) is 5.43 Å². The summed E-state index contributed by atoms with van der Waals surface area (Å²) in [4.78, 5) is 11.3. The van der Waals surface area contributed by atoms with E-state index in [0.29, 0.717) is 17.9 Å². The third-order valence-corrected chi connectivity index (χ3v) is 4.36. The first-order chi connectivity index (χ1) is 13.2. The fraction of sp³-hybridized carbons (Fsp3) is 0.0952. The normalized spacial score (nSPS) is 10.7. The van der Waals surface area contributed by atoms with Crippen molar-refractivity contribution in [2.75, 3.05) is 0 Å². The van der Waals surface area contributed by atoms with Crippen LogP contribution in [-0.2, 0) is 11.4 Å². The van der Waals surface area contributed by atoms with Crippen molar-refractivity contribution < 1.29 is 9.53 Å². The van der Waals surface area contributed by atoms with E-state index in [-0.39, 0.29) is 6.42 Å². The minimum absolute atomic E-state index is 0.236. The van der Waals surface area contributed by atoms with Crippen LogP contribution in [0, 0.1) is 11.3 Å². The summed E-state index contributed by atoms with van der Waals surface area (Å²) in [5, 5.41) is 14.7. The number of carbonyl (C=O) groups excluding carboxylic acids is 1. The minimum Gasteiger partial charge on any atom is -0.488 e. The SMILES string of the molecule is N#CCC(=O)NN=Cc1cc(Br)ccc1OCc1cccc2ccccc12. The molecule has 6 heteroatoms. The predicted molar refractivity (Wildman–Crippen MR) is 108 cm³/mol. The zero-order chi connectivity index (χ0) is 19.1. The lowest BCUT2D eigenvalue weighted by Crippen LogP contribution is -2.16. The predicted octanol–water partition coefficient (Wildman–Crippen LogP) is 4.55. The zero-order valence-corrected chi connectivity index (χ0v) is 15.9. The van der Waals surface area contributed by atoms with E-state index in [4.69, 9.17) is 10.00 Å². The highest BCUT2D eigenvalue weighted by Crippen LogP contribution is 2.25. The quantitative estimate of drug-likeness (QED) is 0.468. The second-order valence-corrected chi connectivity index (χ2v) is 6.65. The number of rotatable bonds is 6. The van der Waals surface area contributed by atoms with Crippen LogP contribution >= 0.6 is 15.9 Å². The lowest BCUT2D eigenvalue weighted by molar-refractivity contribution is -0.120. The highest BCUT2D eigenvalue weighted by molar-refractivity contribution is 9.10. The number of nitrogens with one attached hydrogen (secondary N) is 1. The molecule has 0 aliphatic rings. The van der Waals surface area contributed by atoms with E-state index in [1.54, 1.807) is 6.07 Å². The number of nitriles is 1. The lowest BCUT2D eigenvalue weighted by Gasteiger charge is -2.11. The summed E-state index contributed by atoms with van der Waals surface area (Å²) in [5.74, 6) is 0.186. The molecular formula is C21H16BrN3O2. The monoisotopic (exact) mass is 421 g/mol. The van der Waals surface area contributed by atoms with Crippen LogP contribution in [0.25, 0.3) is 10.8 Å². The van der Waals surface area contributed by atoms with Gasteiger partial charge in [-0.2, -0.15) is 10.4 Å². The molecule has 3 aromatic carbocycles. The first-order valence-corrected chi connectivity index (χ1v) is 9.04. The van der Waals surface area contributed by atoms with Gasteiger partial charge in [-0.05, 0) is 34.5 Å². The van der Waals surface area contributed by atoms with Crippen molar-refractivity contribution in [3.05, 3.63) is 76.3 Å². The summed E-state index contributed by atoms with van der Waals surface area (Å²) in [6.45, 7) is 0.407. The average Bonchev–Trinajstić information content (AvgIpc) is 2.67. The Hall–Kier alpha value is -3.17. The number of fused-ring (bicyclic) bond motifs is 1. The van der Waals surface area contributed by atoms with Crippen LogP contribution in [0.2, 0.25) is 0 Å². The van der Waals surface area contributed by atoms with Crippen LogP contribution < -0.4 is 10.2 Å². The third-order valence-electron chi connectivity index (χ3n) is 3.87. The van der Waals surface area contributed by atoms with Gasteiger partial charge in [-0.25, -0.2) is 5.43 Å². The molecule has 0 aromatic heterocycles. The van der Waals surface area contributed by atoms with Gasteiger partial charge in [0.1, 0.15) is 18.8 Å². The van der Waals surface area contributed by atoms with E-state index in [9.17, 15) is 4.79 Å². The standard InChI is InChI=1S/C21H16BrN3O2/c22-18-8-9-20(17(12-18)13-24-25-21(26)10-11-23)27-14-16-6-3-5-15-4-1-2-7-19(15)16/h1-9,12-13H,10,14H2,(H,25,26). The number of carbonyl (C=O) groups is 1. The first kappa shape index (κ1) is 18.6. The molecule has 3 aromatic rings. The number of benzene rings is 3. The van der Waals surface area contributed by atoms with Gasteiger partial charge in [0.05, 0.1) is 12.3 Å². The molecule has 0 unspecified atom stereocenters. The number of amides is 1. The van der Waals surface area contributed by atoms with Crippen LogP contribution in [0.4, 0.5) is 0 Å². The molecule has 0 saturated carbocycles. The number of halogens is 1. The first-order valence-electron chi connectivity index (χ1n) is 8.25. The van der Waals surface area contributed by atoms with Gasteiger partial charge in [-0.1, -0.05) is 58.4 Å². The molecule has 0 spiro atoms. The molecule has 0 fully saturated rings. The van der Waals surface area contributed by atoms with Crippen LogP contribution in [0.15, 0.2) is 70.2 Å². The van der Waals surface area contributed by atoms with E-state index >= 15 is 0 Å². The summed E-state index contributed by atoms with van der Waals surface area (Å²) in [5.41, 5.74) is 4.11. The molecule has 1 amide bonds. The van der Waals surface area contributed by atoms with Crippen molar-refractivity contribution in [2.45, 2.75) is 13.0 Å². The van der Waals surface area contributed by atoms with Crippen LogP contribution in [0.5, 0.6) is 5.75 Å². The largest absolute Gasteiger partial charge is 0.488 e. The maximum Gasteiger partial charge on any atom is 0.254 e. The maximum absolute atomic E-state index is 11.3. The summed E-state index contributed by atoms with van der Waals surface area (Å²) < 4.78 is 6.88. The molecule has 0 bridgehead atoms. The highest BCUT2D eigenvalue weighted by Gasteiger charge is 2.06. The van der Waals surface area contributed by atoms with Gasteiger partial charge in [0.15, 0.2) is 0 Å². The third kappa shape index (κ3) is 4.93. The molecule has 0 aliphatic heterocycles. The molecule has 1 N–H and O–H groups in total. The van der Waals surface area contributed by atoms with Crippen molar-refractivity contribution in [1.29, 1.82) is 5.26 Å². The number of hydrogen-bond donors (Lipinski definition) is 1. The Kier molecular flexibility index (Phi) is 6.18. The second kappa shape index (κ2) is 8.97. The van der Waals surface area contributed by atoms with Crippen molar-refractivity contribution in [3.8, 4) is 11.8 Å². The Bertz CT molecular complexity index is 1040. The summed E-state index contributed by atoms with van der Waals surface area (Å²) in [7, 11) is 0. The Morgan fingerprint density at radius 3 is 2.85 bits per heavy atom. The molecule has 0 saturated heterocycles. The Morgan fingerprint density at radius 2 is 2.00 bits per heavy atom. The summed E-state index contributed by atoms with van der Waals surface area (Å²) in [6.07, 6.45) is 1.26. The van der Waals surface area contributed by atoms with Crippen molar-refractivity contribution >= 4 is 38.8 Å². The smallest absolute Gasteiger partial charge is 0.254 e. The van der Waals surface area contributed by atoms with Gasteiger partial charge < -0.3 is 4.74 Å². The topological polar surface area (TPSA) is 74.5 Å². The second-order valence-electron chi connectivity index (χ2n) is 5.74. The molecular weight excluding hydrogens is 406 g/mol. The van der Waals surface area contributed by atoms with E-state index in [0.717, 1.165) is 20.8 Å². The van der Waals surface area contributed by atoms with E-state index in [1.165, 1.54) is 6.21 Å². The molecule has 0 atom stereocenters. The molecule has 0 radical (unpaired) electrons. The van der Waals surface area contributed by atoms with Crippen LogP contribution in [-0.4, -0.2) is 12.1 Å². The van der Waals surface area contributed by atoms with Gasteiger partial charge in [0.2, 0.25) is 0 Å². The van der Waals surface area contributed by atoms with E-state index < -0.39 is 5.91 Å². The molecule has 5 nitrogen and oxygen atoms in total. The van der Waals surface area contributed by atoms with Crippen molar-refractivity contribution in [2.24, 2.45) is 5.10 Å². The molecule has 134 valence electrons. The fourth-order valence-corrected chi connectivity index (χ4v) is 2.99. The lowest BCUT2D eigenvalue weighted by atomic mass is 10.1. The van der Waals surface area contributed by atoms with Crippen LogP contribution in [0.1, 0.15) is 17.5 Å². The summed E-state index contributed by atoms with van der Waals surface area (Å²) in [6, 6.07) is 21.6. The van der Waals surface area contributed by atoms with Gasteiger partial charge in [0.25, 0.3) is 5.91 Å². The number of hydrogen-bond acceptors (Lipinski definition) is 4. The zero-order valence-electron chi connectivity index (χ0n) is 14.4. The average molecular weight is 422 g/mol. The number of hydrazone groups is 1. The van der Waals surface area contributed by atoms with Gasteiger partial charge in [-0.3, -0.25) is 4.79 Å². The van der Waals surface area contributed by atoms with Gasteiger partial charge in [-0.15, -0.1) is 0 Å². The molecule has 3 rings (SSSR count). The fourth-order valence-electron chi connectivity index (χ4n) is 2.61. The minimum atomic E-state index is -0.457. The van der Waals surface area contributed by atoms with Gasteiger partial charge in [0, 0.05) is 10.0 Å². The Labute approximate surface area is 165 Å². The Morgan fingerprint density at radius 1 is 1.19 bits per heavy atom. The van der Waals surface area contributed by atoms with E-state index in [2.05, 4.69) is 44.7 Å². The number of nitrogens with zero attached hydrogens (tertiary/aromatic N) is 2. The van der Waals surface area contributed by atoms with Crippen molar-refractivity contribution in [3.63, 3.8) is 0 Å². The van der Waals surface area contributed by atoms with Crippen LogP contribution in [0.3, 0.4) is 0 Å². The maximum atomic E-state index is 11.3. The summed E-state index contributed by atoms with van der Waals surface area (Å²) >= 11 is 3.42. The Balaban J connectivity index is 1.77. The molecule has 0 aliphatic carbocycles. The van der Waals surface area contributed by atoms with E-state index in [1.807, 2.05) is 42.5 Å². The van der Waals surface area contributed by atoms with Gasteiger partial charge >= 0.3 is 0 Å². The highest BCUT2D eigenvalue weighted by atomic mass is 79.9. The molecule has 0 heterocycles. The molecule has 27 heavy (non-hydrogen) atoms.